The van der Waals surface area contributed by atoms with E-state index < -0.39 is 0 Å². The molecule has 5 heteroatoms. The van der Waals surface area contributed by atoms with Crippen molar-refractivity contribution in [2.75, 3.05) is 23.8 Å². The number of aromatic nitrogens is 2. The van der Waals surface area contributed by atoms with Crippen LogP contribution in [-0.2, 0) is 4.74 Å². The number of hydrogen-bond acceptors (Lipinski definition) is 5. The van der Waals surface area contributed by atoms with E-state index in [0.717, 1.165) is 19.0 Å². The lowest BCUT2D eigenvalue weighted by atomic mass is 10.2. The Hall–Kier alpha value is -1.36. The van der Waals surface area contributed by atoms with Crippen LogP contribution in [0.5, 0.6) is 0 Å². The fourth-order valence-corrected chi connectivity index (χ4v) is 1.93. The molecule has 0 bridgehead atoms. The first-order valence-corrected chi connectivity index (χ1v) is 5.14. The van der Waals surface area contributed by atoms with Crippen molar-refractivity contribution in [3.8, 4) is 0 Å². The Morgan fingerprint density at radius 1 is 1.27 bits per heavy atom. The van der Waals surface area contributed by atoms with Crippen molar-refractivity contribution in [3.63, 3.8) is 0 Å². The molecule has 15 heavy (non-hydrogen) atoms. The summed E-state index contributed by atoms with van der Waals surface area (Å²) >= 11 is 0. The maximum atomic E-state index is 5.51. The second-order valence-electron chi connectivity index (χ2n) is 3.96. The molecule has 5 nitrogen and oxygen atoms in total. The van der Waals surface area contributed by atoms with Gasteiger partial charge in [0, 0.05) is 0 Å². The molecule has 1 fully saturated rings. The van der Waals surface area contributed by atoms with Gasteiger partial charge in [-0.25, -0.2) is 0 Å². The molecule has 0 saturated carbocycles. The van der Waals surface area contributed by atoms with Crippen LogP contribution in [0.1, 0.15) is 13.8 Å². The maximum absolute atomic E-state index is 5.51. The smallest absolute Gasteiger partial charge is 0.152 e. The number of hydrogen-bond donors (Lipinski definition) is 1. The normalized spacial score (nSPS) is 26.7. The number of nitrogens with zero attached hydrogens (tertiary/aromatic N) is 3. The molecular formula is C10H16N4O. The average Bonchev–Trinajstić information content (AvgIpc) is 2.20. The summed E-state index contributed by atoms with van der Waals surface area (Å²) in [6, 6.07) is 4.33. The van der Waals surface area contributed by atoms with E-state index in [2.05, 4.69) is 28.9 Å². The fourth-order valence-electron chi connectivity index (χ4n) is 1.93. The van der Waals surface area contributed by atoms with Crippen LogP contribution in [0.3, 0.4) is 0 Å². The third-order valence-corrected chi connectivity index (χ3v) is 2.60. The highest BCUT2D eigenvalue weighted by Gasteiger charge is 2.26. The Labute approximate surface area is 89.2 Å². The van der Waals surface area contributed by atoms with E-state index in [4.69, 9.17) is 10.5 Å². The van der Waals surface area contributed by atoms with Gasteiger partial charge < -0.3 is 15.4 Å². The van der Waals surface area contributed by atoms with E-state index in [1.165, 1.54) is 0 Å². The molecule has 1 aromatic heterocycles. The molecule has 0 unspecified atom stereocenters. The molecule has 1 saturated heterocycles. The quantitative estimate of drug-likeness (QED) is 0.735. The van der Waals surface area contributed by atoms with Gasteiger partial charge >= 0.3 is 0 Å². The van der Waals surface area contributed by atoms with Crippen LogP contribution in [0, 0.1) is 0 Å². The van der Waals surface area contributed by atoms with Crippen molar-refractivity contribution in [2.45, 2.75) is 25.9 Å². The van der Waals surface area contributed by atoms with Gasteiger partial charge in [-0.2, -0.15) is 0 Å². The van der Waals surface area contributed by atoms with Crippen molar-refractivity contribution in [3.05, 3.63) is 12.1 Å². The monoisotopic (exact) mass is 208 g/mol. The summed E-state index contributed by atoms with van der Waals surface area (Å²) in [5.74, 6) is 1.32. The summed E-state index contributed by atoms with van der Waals surface area (Å²) < 4.78 is 5.45. The summed E-state index contributed by atoms with van der Waals surface area (Å²) in [6.45, 7) is 5.70. The Morgan fingerprint density at radius 2 is 1.93 bits per heavy atom. The van der Waals surface area contributed by atoms with E-state index in [1.54, 1.807) is 6.07 Å². The number of nitrogens with two attached hydrogens (primary N) is 1. The molecule has 0 aromatic carbocycles. The van der Waals surface area contributed by atoms with E-state index in [0.29, 0.717) is 17.9 Å². The fraction of sp³-hybridized carbons (Fsp3) is 0.600. The Balaban J connectivity index is 2.23. The average molecular weight is 208 g/mol. The SMILES string of the molecule is C[C@@H]1COC[C@H](C)N1c1ccc(N)nn1. The van der Waals surface area contributed by atoms with Gasteiger partial charge in [0.25, 0.3) is 0 Å². The summed E-state index contributed by atoms with van der Waals surface area (Å²) in [4.78, 5) is 2.22. The predicted octanol–water partition coefficient (Wildman–Crippen LogP) is 0.672. The highest BCUT2D eigenvalue weighted by atomic mass is 16.5. The predicted molar refractivity (Wildman–Crippen MR) is 58.7 cm³/mol. The van der Waals surface area contributed by atoms with Crippen LogP contribution in [0.15, 0.2) is 12.1 Å². The Morgan fingerprint density at radius 3 is 2.47 bits per heavy atom. The molecule has 0 spiro atoms. The number of rotatable bonds is 1. The van der Waals surface area contributed by atoms with Crippen LogP contribution in [0.25, 0.3) is 0 Å². The number of morpholine rings is 1. The van der Waals surface area contributed by atoms with Gasteiger partial charge in [0.15, 0.2) is 5.82 Å². The van der Waals surface area contributed by atoms with Crippen molar-refractivity contribution >= 4 is 11.6 Å². The first-order valence-electron chi connectivity index (χ1n) is 5.14. The zero-order chi connectivity index (χ0) is 10.8. The topological polar surface area (TPSA) is 64.3 Å². The lowest BCUT2D eigenvalue weighted by molar-refractivity contribution is 0.0751. The van der Waals surface area contributed by atoms with Crippen LogP contribution in [-0.4, -0.2) is 35.5 Å². The van der Waals surface area contributed by atoms with Gasteiger partial charge in [-0.15, -0.1) is 10.2 Å². The largest absolute Gasteiger partial charge is 0.382 e. The Bertz CT molecular complexity index is 317. The summed E-state index contributed by atoms with van der Waals surface area (Å²) in [5.41, 5.74) is 5.51. The number of nitrogen functional groups attached to an aromatic ring is 1. The second kappa shape index (κ2) is 4.02. The Kier molecular flexibility index (Phi) is 2.73. The first-order chi connectivity index (χ1) is 7.18. The molecule has 2 rings (SSSR count). The van der Waals surface area contributed by atoms with Gasteiger partial charge in [0.1, 0.15) is 5.82 Å². The molecule has 2 atom stereocenters. The lowest BCUT2D eigenvalue weighted by Gasteiger charge is -2.39. The molecule has 0 amide bonds. The van der Waals surface area contributed by atoms with Gasteiger partial charge in [-0.05, 0) is 26.0 Å². The van der Waals surface area contributed by atoms with E-state index >= 15 is 0 Å². The van der Waals surface area contributed by atoms with E-state index in [1.807, 2.05) is 6.07 Å². The summed E-state index contributed by atoms with van der Waals surface area (Å²) in [7, 11) is 0. The third kappa shape index (κ3) is 2.02. The van der Waals surface area contributed by atoms with Crippen molar-refractivity contribution in [1.29, 1.82) is 0 Å². The van der Waals surface area contributed by atoms with Crippen molar-refractivity contribution in [1.82, 2.24) is 10.2 Å². The van der Waals surface area contributed by atoms with Gasteiger partial charge in [0.2, 0.25) is 0 Å². The molecular weight excluding hydrogens is 192 g/mol. The minimum atomic E-state index is 0.326. The molecule has 0 radical (unpaired) electrons. The maximum Gasteiger partial charge on any atom is 0.152 e. The minimum Gasteiger partial charge on any atom is -0.382 e. The standard InChI is InChI=1S/C10H16N4O/c1-7-5-15-6-8(2)14(7)10-4-3-9(11)12-13-10/h3-4,7-8H,5-6H2,1-2H3,(H2,11,12)/t7-,8+. The van der Waals surface area contributed by atoms with E-state index in [9.17, 15) is 0 Å². The van der Waals surface area contributed by atoms with Crippen LogP contribution < -0.4 is 10.6 Å². The van der Waals surface area contributed by atoms with Crippen LogP contribution in [0.2, 0.25) is 0 Å². The molecule has 2 N–H and O–H groups in total. The molecule has 82 valence electrons. The summed E-state index contributed by atoms with van der Waals surface area (Å²) in [5, 5.41) is 7.97. The molecule has 2 heterocycles. The van der Waals surface area contributed by atoms with E-state index in [-0.39, 0.29) is 0 Å². The zero-order valence-electron chi connectivity index (χ0n) is 9.05. The van der Waals surface area contributed by atoms with Crippen molar-refractivity contribution < 1.29 is 4.74 Å². The third-order valence-electron chi connectivity index (χ3n) is 2.60. The minimum absolute atomic E-state index is 0.326. The molecule has 1 aromatic rings. The van der Waals surface area contributed by atoms with Crippen LogP contribution >= 0.6 is 0 Å². The molecule has 0 aliphatic carbocycles. The van der Waals surface area contributed by atoms with Gasteiger partial charge in [-0.1, -0.05) is 0 Å². The highest BCUT2D eigenvalue weighted by Crippen LogP contribution is 2.20. The van der Waals surface area contributed by atoms with Crippen molar-refractivity contribution in [2.24, 2.45) is 0 Å². The molecule has 1 aliphatic rings. The molecule has 1 aliphatic heterocycles. The first kappa shape index (κ1) is 10.2. The van der Waals surface area contributed by atoms with Gasteiger partial charge in [-0.3, -0.25) is 0 Å². The summed E-state index contributed by atoms with van der Waals surface area (Å²) in [6.07, 6.45) is 0. The number of anilines is 2. The van der Waals surface area contributed by atoms with Crippen LogP contribution in [0.4, 0.5) is 11.6 Å². The second-order valence-corrected chi connectivity index (χ2v) is 3.96. The zero-order valence-corrected chi connectivity index (χ0v) is 9.05. The number of ether oxygens (including phenoxy) is 1. The van der Waals surface area contributed by atoms with Gasteiger partial charge in [0.05, 0.1) is 25.3 Å². The highest BCUT2D eigenvalue weighted by molar-refractivity contribution is 5.43. The lowest BCUT2D eigenvalue weighted by Crippen LogP contribution is -2.50.